The molecule has 1 aliphatic heterocycles. The zero-order valence-electron chi connectivity index (χ0n) is 24.5. The molecule has 1 fully saturated rings. The van der Waals surface area contributed by atoms with E-state index in [1.165, 1.54) is 11.1 Å². The third kappa shape index (κ3) is 6.81. The first-order chi connectivity index (χ1) is 20.2. The highest BCUT2D eigenvalue weighted by atomic mass is 32.2. The monoisotopic (exact) mass is 581 g/mol. The molecule has 1 aliphatic rings. The molecule has 218 valence electrons. The number of nitrogens with zero attached hydrogens (tertiary/aromatic N) is 2. The van der Waals surface area contributed by atoms with Crippen LogP contribution in [-0.2, 0) is 21.2 Å². The lowest BCUT2D eigenvalue weighted by Crippen LogP contribution is -2.56. The van der Waals surface area contributed by atoms with Crippen molar-refractivity contribution in [1.29, 1.82) is 0 Å². The van der Waals surface area contributed by atoms with Crippen molar-refractivity contribution in [3.63, 3.8) is 0 Å². The Labute approximate surface area is 250 Å². The SMILES string of the molecule is Cc1cc(C)c(S(=O)(=O)N[C@@H](Cc2ccccc2)C(=O)N2CCN(C(c3ccccc3)c3ccccc3)CC2)c(C)c1. The van der Waals surface area contributed by atoms with Gasteiger partial charge in [-0.3, -0.25) is 9.69 Å². The second-order valence-electron chi connectivity index (χ2n) is 11.2. The summed E-state index contributed by atoms with van der Waals surface area (Å²) in [6, 6.07) is 33.4. The quantitative estimate of drug-likeness (QED) is 0.286. The third-order valence-electron chi connectivity index (χ3n) is 7.97. The van der Waals surface area contributed by atoms with E-state index in [0.717, 1.165) is 11.1 Å². The zero-order chi connectivity index (χ0) is 29.7. The molecule has 0 spiro atoms. The first-order valence-electron chi connectivity index (χ1n) is 14.5. The number of hydrogen-bond acceptors (Lipinski definition) is 4. The fraction of sp³-hybridized carbons (Fsp3) is 0.286. The van der Waals surface area contributed by atoms with Crippen LogP contribution >= 0.6 is 0 Å². The molecule has 1 amide bonds. The van der Waals surface area contributed by atoms with Crippen LogP contribution < -0.4 is 4.72 Å². The molecule has 0 aromatic heterocycles. The van der Waals surface area contributed by atoms with Crippen LogP contribution in [0.4, 0.5) is 0 Å². The Morgan fingerprint density at radius 1 is 0.738 bits per heavy atom. The molecule has 0 bridgehead atoms. The molecule has 0 saturated carbocycles. The molecule has 7 heteroatoms. The standard InChI is InChI=1S/C35H39N3O3S/c1-26-23-27(2)34(28(3)24-26)42(40,41)36-32(25-29-13-7-4-8-14-29)35(39)38-21-19-37(20-22-38)33(30-15-9-5-10-16-30)31-17-11-6-12-18-31/h4-18,23-24,32-33,36H,19-22,25H2,1-3H3/t32-/m0/s1. The second-order valence-corrected chi connectivity index (χ2v) is 12.8. The molecule has 5 rings (SSSR count). The predicted octanol–water partition coefficient (Wildman–Crippen LogP) is 5.44. The van der Waals surface area contributed by atoms with E-state index < -0.39 is 16.1 Å². The average Bonchev–Trinajstić information content (AvgIpc) is 2.98. The lowest BCUT2D eigenvalue weighted by Gasteiger charge is -2.40. The highest BCUT2D eigenvalue weighted by molar-refractivity contribution is 7.89. The van der Waals surface area contributed by atoms with E-state index in [1.54, 1.807) is 13.8 Å². The van der Waals surface area contributed by atoms with Crippen molar-refractivity contribution in [2.24, 2.45) is 0 Å². The third-order valence-corrected chi connectivity index (χ3v) is 9.75. The highest BCUT2D eigenvalue weighted by Crippen LogP contribution is 2.30. The molecule has 0 unspecified atom stereocenters. The molecule has 42 heavy (non-hydrogen) atoms. The van der Waals surface area contributed by atoms with Crippen molar-refractivity contribution >= 4 is 15.9 Å². The van der Waals surface area contributed by atoms with Crippen molar-refractivity contribution in [3.8, 4) is 0 Å². The van der Waals surface area contributed by atoms with E-state index in [9.17, 15) is 13.2 Å². The predicted molar refractivity (Wildman–Crippen MR) is 168 cm³/mol. The minimum atomic E-state index is -3.95. The zero-order valence-corrected chi connectivity index (χ0v) is 25.3. The van der Waals surface area contributed by atoms with Gasteiger partial charge in [-0.25, -0.2) is 8.42 Å². The Morgan fingerprint density at radius 2 is 1.21 bits per heavy atom. The van der Waals surface area contributed by atoms with Gasteiger partial charge in [-0.2, -0.15) is 4.72 Å². The normalized spacial score (nSPS) is 15.1. The summed E-state index contributed by atoms with van der Waals surface area (Å²) < 4.78 is 30.3. The number of sulfonamides is 1. The summed E-state index contributed by atoms with van der Waals surface area (Å²) in [5, 5.41) is 0. The molecule has 1 saturated heterocycles. The van der Waals surface area contributed by atoms with Gasteiger partial charge in [-0.15, -0.1) is 0 Å². The lowest BCUT2D eigenvalue weighted by atomic mass is 9.96. The van der Waals surface area contributed by atoms with Crippen LogP contribution in [0, 0.1) is 20.8 Å². The van der Waals surface area contributed by atoms with E-state index in [2.05, 4.69) is 58.2 Å². The number of benzene rings is 4. The number of carbonyl (C=O) groups is 1. The maximum Gasteiger partial charge on any atom is 0.241 e. The fourth-order valence-electron chi connectivity index (χ4n) is 6.17. The minimum absolute atomic E-state index is 0.0794. The van der Waals surface area contributed by atoms with Gasteiger partial charge in [0.2, 0.25) is 15.9 Å². The summed E-state index contributed by atoms with van der Waals surface area (Å²) in [5.41, 5.74) is 5.68. The number of rotatable bonds is 9. The van der Waals surface area contributed by atoms with Crippen molar-refractivity contribution in [1.82, 2.24) is 14.5 Å². The van der Waals surface area contributed by atoms with E-state index in [0.29, 0.717) is 37.3 Å². The van der Waals surface area contributed by atoms with Crippen LogP contribution in [0.1, 0.15) is 39.4 Å². The Bertz CT molecular complexity index is 1540. The number of nitrogens with one attached hydrogen (secondary N) is 1. The molecule has 0 radical (unpaired) electrons. The first-order valence-corrected chi connectivity index (χ1v) is 16.0. The van der Waals surface area contributed by atoms with Crippen molar-refractivity contribution < 1.29 is 13.2 Å². The maximum atomic E-state index is 14.0. The van der Waals surface area contributed by atoms with Crippen LogP contribution in [0.3, 0.4) is 0 Å². The first kappa shape index (κ1) is 29.7. The van der Waals surface area contributed by atoms with E-state index >= 15 is 0 Å². The van der Waals surface area contributed by atoms with Gasteiger partial charge in [0.05, 0.1) is 10.9 Å². The Morgan fingerprint density at radius 3 is 1.71 bits per heavy atom. The Balaban J connectivity index is 1.37. The molecule has 1 heterocycles. The van der Waals surface area contributed by atoms with Crippen LogP contribution in [-0.4, -0.2) is 56.3 Å². The van der Waals surface area contributed by atoms with Crippen molar-refractivity contribution in [2.45, 2.75) is 44.2 Å². The van der Waals surface area contributed by atoms with E-state index in [-0.39, 0.29) is 23.3 Å². The molecule has 0 aliphatic carbocycles. The maximum absolute atomic E-state index is 14.0. The molecule has 1 atom stereocenters. The summed E-state index contributed by atoms with van der Waals surface area (Å²) in [7, 11) is -3.95. The Kier molecular flexibility index (Phi) is 9.21. The Hall–Kier alpha value is -3.78. The van der Waals surface area contributed by atoms with Gasteiger partial charge in [-0.05, 0) is 55.0 Å². The van der Waals surface area contributed by atoms with Gasteiger partial charge in [0.15, 0.2) is 0 Å². The molecule has 4 aromatic carbocycles. The summed E-state index contributed by atoms with van der Waals surface area (Å²) in [6.45, 7) is 7.96. The minimum Gasteiger partial charge on any atom is -0.339 e. The summed E-state index contributed by atoms with van der Waals surface area (Å²) in [5.74, 6) is -0.194. The van der Waals surface area contributed by atoms with E-state index in [1.807, 2.05) is 66.4 Å². The summed E-state index contributed by atoms with van der Waals surface area (Å²) >= 11 is 0. The average molecular weight is 582 g/mol. The van der Waals surface area contributed by atoms with Gasteiger partial charge >= 0.3 is 0 Å². The van der Waals surface area contributed by atoms with Gasteiger partial charge in [0.25, 0.3) is 0 Å². The van der Waals surface area contributed by atoms with Gasteiger partial charge in [0.1, 0.15) is 6.04 Å². The van der Waals surface area contributed by atoms with Crippen LogP contribution in [0.15, 0.2) is 108 Å². The van der Waals surface area contributed by atoms with Crippen molar-refractivity contribution in [3.05, 3.63) is 137 Å². The molecular weight excluding hydrogens is 542 g/mol. The van der Waals surface area contributed by atoms with Crippen LogP contribution in [0.2, 0.25) is 0 Å². The number of amides is 1. The molecule has 4 aromatic rings. The van der Waals surface area contributed by atoms with Gasteiger partial charge in [-0.1, -0.05) is 109 Å². The number of hydrogen-bond donors (Lipinski definition) is 1. The topological polar surface area (TPSA) is 69.7 Å². The number of piperazine rings is 1. The highest BCUT2D eigenvalue weighted by Gasteiger charge is 2.34. The van der Waals surface area contributed by atoms with Crippen molar-refractivity contribution in [2.75, 3.05) is 26.2 Å². The number of carbonyl (C=O) groups excluding carboxylic acids is 1. The number of aryl methyl sites for hydroxylation is 3. The molecule has 6 nitrogen and oxygen atoms in total. The van der Waals surface area contributed by atoms with E-state index in [4.69, 9.17) is 0 Å². The van der Waals surface area contributed by atoms with Crippen LogP contribution in [0.5, 0.6) is 0 Å². The fourth-order valence-corrected chi connectivity index (χ4v) is 7.81. The molecular formula is C35H39N3O3S. The largest absolute Gasteiger partial charge is 0.339 e. The van der Waals surface area contributed by atoms with Gasteiger partial charge < -0.3 is 4.90 Å². The summed E-state index contributed by atoms with van der Waals surface area (Å²) in [4.78, 5) is 18.5. The van der Waals surface area contributed by atoms with Crippen LogP contribution in [0.25, 0.3) is 0 Å². The summed E-state index contributed by atoms with van der Waals surface area (Å²) in [6.07, 6.45) is 0.278. The molecule has 1 N–H and O–H groups in total. The lowest BCUT2D eigenvalue weighted by molar-refractivity contribution is -0.135. The second kappa shape index (κ2) is 13.0. The van der Waals surface area contributed by atoms with Gasteiger partial charge in [0, 0.05) is 26.2 Å². The smallest absolute Gasteiger partial charge is 0.241 e.